The summed E-state index contributed by atoms with van der Waals surface area (Å²) >= 11 is 0. The van der Waals surface area contributed by atoms with Crippen LogP contribution < -0.4 is 15.8 Å². The Morgan fingerprint density at radius 3 is 2.42 bits per heavy atom. The number of aliphatic hydroxyl groups is 1. The molecule has 7 nitrogen and oxygen atoms in total. The minimum atomic E-state index is -4.05. The molecule has 0 unspecified atom stereocenters. The fourth-order valence-corrected chi connectivity index (χ4v) is 4.84. The Kier molecular flexibility index (Phi) is 6.87. The second-order valence-electron chi connectivity index (χ2n) is 7.37. The van der Waals surface area contributed by atoms with Crippen LogP contribution in [0.25, 0.3) is 0 Å². The lowest BCUT2D eigenvalue weighted by Gasteiger charge is -2.26. The average Bonchev–Trinajstić information content (AvgIpc) is 2.71. The number of carbonyl (C=O) groups is 1. The Bertz CT molecular complexity index is 1070. The molecule has 1 aliphatic carbocycles. The molecule has 0 atom stereocenters. The Morgan fingerprint density at radius 2 is 1.77 bits per heavy atom. The molecule has 1 fully saturated rings. The van der Waals surface area contributed by atoms with Crippen molar-refractivity contribution in [2.75, 3.05) is 11.1 Å². The number of halogens is 3. The molecule has 0 bridgehead atoms. The van der Waals surface area contributed by atoms with E-state index in [1.807, 2.05) is 0 Å². The third kappa shape index (κ3) is 5.54. The molecule has 168 valence electrons. The lowest BCUT2D eigenvalue weighted by atomic mass is 9.94. The van der Waals surface area contributed by atoms with Crippen LogP contribution in [-0.4, -0.2) is 31.6 Å². The van der Waals surface area contributed by atoms with Crippen LogP contribution in [0.4, 0.5) is 24.5 Å². The Hall–Kier alpha value is -2.63. The predicted octanol–water partition coefficient (Wildman–Crippen LogP) is 3.18. The largest absolute Gasteiger partial charge is 0.398 e. The van der Waals surface area contributed by atoms with Crippen LogP contribution in [0.1, 0.15) is 48.0 Å². The van der Waals surface area contributed by atoms with Crippen molar-refractivity contribution < 1.29 is 31.5 Å². The number of aliphatic hydroxyl groups excluding tert-OH is 1. The fourth-order valence-electron chi connectivity index (χ4n) is 3.38. The SMILES string of the molecule is Nc1ccc(C(=O)Nc2ccc(F)c(C(F)F)c2)cc1S(=O)(=O)N[C@H]1CC[C@H](O)CC1. The van der Waals surface area contributed by atoms with Crippen molar-refractivity contribution in [2.24, 2.45) is 0 Å². The molecule has 2 aromatic carbocycles. The van der Waals surface area contributed by atoms with Gasteiger partial charge >= 0.3 is 0 Å². The quantitative estimate of drug-likeness (QED) is 0.497. The first-order valence-corrected chi connectivity index (χ1v) is 11.0. The normalized spacial score (nSPS) is 19.4. The predicted molar refractivity (Wildman–Crippen MR) is 109 cm³/mol. The maximum absolute atomic E-state index is 13.4. The zero-order chi connectivity index (χ0) is 22.8. The number of benzene rings is 2. The van der Waals surface area contributed by atoms with Crippen molar-refractivity contribution in [3.8, 4) is 0 Å². The van der Waals surface area contributed by atoms with Crippen molar-refractivity contribution in [3.63, 3.8) is 0 Å². The summed E-state index contributed by atoms with van der Waals surface area (Å²) in [6.07, 6.45) is -1.62. The van der Waals surface area contributed by atoms with E-state index in [1.165, 1.54) is 12.1 Å². The summed E-state index contributed by atoms with van der Waals surface area (Å²) in [6, 6.07) is 6.00. The summed E-state index contributed by atoms with van der Waals surface area (Å²) in [6.45, 7) is 0. The highest BCUT2D eigenvalue weighted by atomic mass is 32.2. The lowest BCUT2D eigenvalue weighted by molar-refractivity contribution is 0.102. The van der Waals surface area contributed by atoms with Gasteiger partial charge in [0.2, 0.25) is 10.0 Å². The molecule has 1 saturated carbocycles. The van der Waals surface area contributed by atoms with Crippen molar-refractivity contribution in [3.05, 3.63) is 53.3 Å². The van der Waals surface area contributed by atoms with Gasteiger partial charge in [0.25, 0.3) is 12.3 Å². The molecule has 11 heteroatoms. The van der Waals surface area contributed by atoms with Gasteiger partial charge in [-0.1, -0.05) is 0 Å². The van der Waals surface area contributed by atoms with Gasteiger partial charge in [0.15, 0.2) is 0 Å². The van der Waals surface area contributed by atoms with Gasteiger partial charge in [-0.05, 0) is 62.1 Å². The summed E-state index contributed by atoms with van der Waals surface area (Å²) in [4.78, 5) is 12.2. The molecule has 0 radical (unpaired) electrons. The number of hydrogen-bond acceptors (Lipinski definition) is 5. The maximum Gasteiger partial charge on any atom is 0.266 e. The number of nitrogen functional groups attached to an aromatic ring is 1. The second-order valence-corrected chi connectivity index (χ2v) is 9.05. The highest BCUT2D eigenvalue weighted by Crippen LogP contribution is 2.27. The van der Waals surface area contributed by atoms with Crippen LogP contribution in [0.3, 0.4) is 0 Å². The molecule has 31 heavy (non-hydrogen) atoms. The van der Waals surface area contributed by atoms with Gasteiger partial charge in [0.1, 0.15) is 10.7 Å². The van der Waals surface area contributed by atoms with Gasteiger partial charge < -0.3 is 16.2 Å². The molecular weight excluding hydrogens is 435 g/mol. The smallest absolute Gasteiger partial charge is 0.266 e. The summed E-state index contributed by atoms with van der Waals surface area (Å²) in [5.41, 5.74) is 4.74. The Morgan fingerprint density at radius 1 is 1.10 bits per heavy atom. The number of nitrogens with one attached hydrogen (secondary N) is 2. The topological polar surface area (TPSA) is 122 Å². The van der Waals surface area contributed by atoms with Gasteiger partial charge in [-0.15, -0.1) is 0 Å². The summed E-state index contributed by atoms with van der Waals surface area (Å²) in [5.74, 6) is -1.88. The molecule has 0 saturated heterocycles. The number of alkyl halides is 2. The van der Waals surface area contributed by atoms with E-state index < -0.39 is 39.8 Å². The van der Waals surface area contributed by atoms with Crippen molar-refractivity contribution >= 4 is 27.3 Å². The second kappa shape index (κ2) is 9.25. The van der Waals surface area contributed by atoms with E-state index in [1.54, 1.807) is 0 Å². The molecule has 2 aromatic rings. The number of nitrogens with two attached hydrogens (primary N) is 1. The minimum absolute atomic E-state index is 0.0678. The molecule has 1 amide bonds. The standard InChI is InChI=1S/C20H22F3N3O4S/c21-16-7-4-13(10-15(16)19(22)23)25-20(28)11-1-8-17(24)18(9-11)31(29,30)26-12-2-5-14(27)6-3-12/h1,4,7-10,12,14,19,26-27H,2-3,5-6,24H2,(H,25,28)/t12-,14-. The number of anilines is 2. The monoisotopic (exact) mass is 457 g/mol. The zero-order valence-electron chi connectivity index (χ0n) is 16.3. The first-order valence-electron chi connectivity index (χ1n) is 9.55. The average molecular weight is 457 g/mol. The summed E-state index contributed by atoms with van der Waals surface area (Å²) in [7, 11) is -4.05. The number of rotatable bonds is 6. The minimum Gasteiger partial charge on any atom is -0.398 e. The molecule has 0 spiro atoms. The lowest BCUT2D eigenvalue weighted by Crippen LogP contribution is -2.38. The molecule has 1 aliphatic rings. The highest BCUT2D eigenvalue weighted by molar-refractivity contribution is 7.89. The van der Waals surface area contributed by atoms with Crippen LogP contribution >= 0.6 is 0 Å². The molecule has 0 aliphatic heterocycles. The van der Waals surface area contributed by atoms with E-state index in [0.717, 1.165) is 24.3 Å². The van der Waals surface area contributed by atoms with Gasteiger partial charge in [0.05, 0.1) is 17.4 Å². The van der Waals surface area contributed by atoms with Crippen LogP contribution in [0.2, 0.25) is 0 Å². The van der Waals surface area contributed by atoms with Gasteiger partial charge in [-0.25, -0.2) is 26.3 Å². The van der Waals surface area contributed by atoms with Crippen molar-refractivity contribution in [1.82, 2.24) is 4.72 Å². The molecule has 5 N–H and O–H groups in total. The van der Waals surface area contributed by atoms with Gasteiger partial charge in [-0.3, -0.25) is 4.79 Å². The number of hydrogen-bond donors (Lipinski definition) is 4. The first-order chi connectivity index (χ1) is 14.6. The van der Waals surface area contributed by atoms with Crippen LogP contribution in [0.5, 0.6) is 0 Å². The van der Waals surface area contributed by atoms with E-state index in [0.29, 0.717) is 25.7 Å². The Balaban J connectivity index is 1.80. The highest BCUT2D eigenvalue weighted by Gasteiger charge is 2.27. The molecule has 3 rings (SSSR count). The molecular formula is C20H22F3N3O4S. The zero-order valence-corrected chi connectivity index (χ0v) is 17.1. The van der Waals surface area contributed by atoms with Crippen LogP contribution in [-0.2, 0) is 10.0 Å². The summed E-state index contributed by atoms with van der Waals surface area (Å²) in [5, 5.41) is 11.9. The summed E-state index contributed by atoms with van der Waals surface area (Å²) < 4.78 is 67.2. The van der Waals surface area contributed by atoms with Crippen molar-refractivity contribution in [1.29, 1.82) is 0 Å². The third-order valence-electron chi connectivity index (χ3n) is 5.07. The van der Waals surface area contributed by atoms with E-state index in [9.17, 15) is 31.5 Å². The third-order valence-corrected chi connectivity index (χ3v) is 6.65. The van der Waals surface area contributed by atoms with Gasteiger partial charge in [-0.2, -0.15) is 0 Å². The molecule has 0 aromatic heterocycles. The maximum atomic E-state index is 13.4. The Labute approximate surface area is 177 Å². The van der Waals surface area contributed by atoms with E-state index >= 15 is 0 Å². The van der Waals surface area contributed by atoms with Crippen LogP contribution in [0.15, 0.2) is 41.3 Å². The van der Waals surface area contributed by atoms with Gasteiger partial charge in [0, 0.05) is 17.3 Å². The van der Waals surface area contributed by atoms with Crippen molar-refractivity contribution in [2.45, 2.75) is 49.2 Å². The van der Waals surface area contributed by atoms with E-state index in [4.69, 9.17) is 5.73 Å². The fraction of sp³-hybridized carbons (Fsp3) is 0.350. The number of carbonyl (C=O) groups excluding carboxylic acids is 1. The van der Waals surface area contributed by atoms with E-state index in [-0.39, 0.29) is 27.9 Å². The first kappa shape index (κ1) is 23.0. The molecule has 0 heterocycles. The number of amides is 1. The van der Waals surface area contributed by atoms with Crippen LogP contribution in [0, 0.1) is 5.82 Å². The van der Waals surface area contributed by atoms with E-state index in [2.05, 4.69) is 10.0 Å². The number of sulfonamides is 1.